The largest absolute Gasteiger partial charge is 0.478 e. The van der Waals surface area contributed by atoms with Gasteiger partial charge in [-0.2, -0.15) is 0 Å². The summed E-state index contributed by atoms with van der Waals surface area (Å²) in [6.07, 6.45) is 6.21. The van der Waals surface area contributed by atoms with Crippen molar-refractivity contribution >= 4 is 34.0 Å². The average molecular weight is 419 g/mol. The summed E-state index contributed by atoms with van der Waals surface area (Å²) < 4.78 is 10.1. The topological polar surface area (TPSA) is 108 Å². The van der Waals surface area contributed by atoms with Crippen LogP contribution in [0.25, 0.3) is 16.7 Å². The number of amides is 1. The summed E-state index contributed by atoms with van der Waals surface area (Å²) in [6.45, 7) is 3.45. The molecule has 0 saturated carbocycles. The molecule has 4 aromatic rings. The lowest BCUT2D eigenvalue weighted by Crippen LogP contribution is -2.20. The van der Waals surface area contributed by atoms with Gasteiger partial charge in [0, 0.05) is 26.0 Å². The van der Waals surface area contributed by atoms with Crippen molar-refractivity contribution in [1.82, 2.24) is 23.9 Å². The van der Waals surface area contributed by atoms with Crippen LogP contribution in [0.5, 0.6) is 5.88 Å². The van der Waals surface area contributed by atoms with E-state index < -0.39 is 0 Å². The maximum Gasteiger partial charge on any atom is 0.281 e. The average Bonchev–Trinajstić information content (AvgIpc) is 3.32. The number of aryl methyl sites for hydroxylation is 2. The molecule has 3 heterocycles. The third kappa shape index (κ3) is 3.66. The lowest BCUT2D eigenvalue weighted by Gasteiger charge is -2.13. The molecule has 0 aliphatic rings. The number of hydrogen-bond acceptors (Lipinski definition) is 6. The summed E-state index contributed by atoms with van der Waals surface area (Å²) in [7, 11) is 5.08. The second kappa shape index (κ2) is 7.82. The standard InChI is InChI=1S/C21H21N7O3/c1-5-17(29)23-13-7-6-8-14(9-13)28-11-15(18-19(21(28)30)26(2)12-22-18)24-16-10-27(3)25-20(16)31-4/h5-12,24H,1H2,2-4H3,(H,23,29). The van der Waals surface area contributed by atoms with Crippen molar-refractivity contribution in [2.45, 2.75) is 0 Å². The van der Waals surface area contributed by atoms with E-state index in [1.54, 1.807) is 66.3 Å². The Kier molecular flexibility index (Phi) is 5.04. The fraction of sp³-hybridized carbons (Fsp3) is 0.143. The highest BCUT2D eigenvalue weighted by Crippen LogP contribution is 2.29. The Labute approximate surface area is 177 Å². The van der Waals surface area contributed by atoms with Crippen LogP contribution in [0.15, 0.2) is 60.4 Å². The van der Waals surface area contributed by atoms with Crippen molar-refractivity contribution in [2.24, 2.45) is 14.1 Å². The first kappa shape index (κ1) is 20.0. The highest BCUT2D eigenvalue weighted by molar-refractivity contribution is 5.99. The number of pyridine rings is 1. The van der Waals surface area contributed by atoms with Crippen LogP contribution in [-0.4, -0.2) is 36.9 Å². The molecular formula is C21H21N7O3. The molecular weight excluding hydrogens is 398 g/mol. The number of imidazole rings is 1. The predicted molar refractivity (Wildman–Crippen MR) is 118 cm³/mol. The number of rotatable bonds is 6. The van der Waals surface area contributed by atoms with Gasteiger partial charge in [-0.15, -0.1) is 5.10 Å². The lowest BCUT2D eigenvalue weighted by molar-refractivity contribution is -0.111. The zero-order valence-corrected chi connectivity index (χ0v) is 17.3. The molecule has 158 valence electrons. The van der Waals surface area contributed by atoms with E-state index in [0.717, 1.165) is 0 Å². The number of benzene rings is 1. The summed E-state index contributed by atoms with van der Waals surface area (Å²) in [5, 5.41) is 10.2. The van der Waals surface area contributed by atoms with Crippen molar-refractivity contribution in [3.8, 4) is 11.6 Å². The number of nitrogens with one attached hydrogen (secondary N) is 2. The van der Waals surface area contributed by atoms with Crippen molar-refractivity contribution < 1.29 is 9.53 Å². The van der Waals surface area contributed by atoms with Crippen LogP contribution in [0, 0.1) is 0 Å². The van der Waals surface area contributed by atoms with Crippen LogP contribution in [-0.2, 0) is 18.9 Å². The highest BCUT2D eigenvalue weighted by atomic mass is 16.5. The van der Waals surface area contributed by atoms with Crippen LogP contribution in [0.1, 0.15) is 0 Å². The molecule has 1 aromatic carbocycles. The number of fused-ring (bicyclic) bond motifs is 1. The minimum atomic E-state index is -0.336. The Morgan fingerprint density at radius 1 is 1.23 bits per heavy atom. The molecule has 0 unspecified atom stereocenters. The Balaban J connectivity index is 1.87. The van der Waals surface area contributed by atoms with Crippen LogP contribution in [0.2, 0.25) is 0 Å². The van der Waals surface area contributed by atoms with Crippen LogP contribution >= 0.6 is 0 Å². The Bertz CT molecular complexity index is 1360. The van der Waals surface area contributed by atoms with Crippen molar-refractivity contribution in [2.75, 3.05) is 17.7 Å². The van der Waals surface area contributed by atoms with E-state index >= 15 is 0 Å². The van der Waals surface area contributed by atoms with Gasteiger partial charge < -0.3 is 19.9 Å². The fourth-order valence-electron chi connectivity index (χ4n) is 3.30. The number of carbonyl (C=O) groups is 1. The number of aromatic nitrogens is 5. The van der Waals surface area contributed by atoms with Gasteiger partial charge in [-0.3, -0.25) is 18.8 Å². The number of carbonyl (C=O) groups excluding carboxylic acids is 1. The fourth-order valence-corrected chi connectivity index (χ4v) is 3.30. The van der Waals surface area contributed by atoms with Gasteiger partial charge in [0.25, 0.3) is 11.4 Å². The molecule has 10 heteroatoms. The van der Waals surface area contributed by atoms with E-state index in [2.05, 4.69) is 27.3 Å². The number of methoxy groups -OCH3 is 1. The lowest BCUT2D eigenvalue weighted by atomic mass is 10.2. The quantitative estimate of drug-likeness (QED) is 0.465. The molecule has 1 amide bonds. The van der Waals surface area contributed by atoms with E-state index in [-0.39, 0.29) is 11.5 Å². The van der Waals surface area contributed by atoms with Gasteiger partial charge >= 0.3 is 0 Å². The van der Waals surface area contributed by atoms with Crippen LogP contribution in [0.4, 0.5) is 17.1 Å². The predicted octanol–water partition coefficient (Wildman–Crippen LogP) is 2.33. The monoisotopic (exact) mass is 419 g/mol. The third-order valence-electron chi connectivity index (χ3n) is 4.71. The maximum absolute atomic E-state index is 13.3. The van der Waals surface area contributed by atoms with E-state index in [0.29, 0.717) is 39.7 Å². The number of ether oxygens (including phenoxy) is 1. The molecule has 0 bridgehead atoms. The number of nitrogens with zero attached hydrogens (tertiary/aromatic N) is 5. The van der Waals surface area contributed by atoms with Gasteiger partial charge in [-0.25, -0.2) is 4.98 Å². The first-order chi connectivity index (χ1) is 14.9. The minimum Gasteiger partial charge on any atom is -0.478 e. The molecule has 2 N–H and O–H groups in total. The molecule has 0 aliphatic carbocycles. The summed E-state index contributed by atoms with van der Waals surface area (Å²) in [5.74, 6) is 0.0797. The molecule has 10 nitrogen and oxygen atoms in total. The van der Waals surface area contributed by atoms with E-state index in [9.17, 15) is 9.59 Å². The van der Waals surface area contributed by atoms with Gasteiger partial charge in [0.15, 0.2) is 0 Å². The molecule has 31 heavy (non-hydrogen) atoms. The normalized spacial score (nSPS) is 10.8. The minimum absolute atomic E-state index is 0.245. The molecule has 0 spiro atoms. The van der Waals surface area contributed by atoms with Gasteiger partial charge in [-0.05, 0) is 24.3 Å². The van der Waals surface area contributed by atoms with Gasteiger partial charge in [0.1, 0.15) is 16.7 Å². The Hall–Kier alpha value is -4.34. The van der Waals surface area contributed by atoms with Gasteiger partial charge in [0.2, 0.25) is 5.91 Å². The van der Waals surface area contributed by atoms with Crippen LogP contribution in [0.3, 0.4) is 0 Å². The summed E-state index contributed by atoms with van der Waals surface area (Å²) >= 11 is 0. The van der Waals surface area contributed by atoms with Crippen molar-refractivity contribution in [1.29, 1.82) is 0 Å². The second-order valence-corrected chi connectivity index (χ2v) is 6.87. The second-order valence-electron chi connectivity index (χ2n) is 6.87. The number of hydrogen-bond donors (Lipinski definition) is 2. The number of anilines is 3. The highest BCUT2D eigenvalue weighted by Gasteiger charge is 2.17. The van der Waals surface area contributed by atoms with Crippen molar-refractivity contribution in [3.63, 3.8) is 0 Å². The molecule has 0 atom stereocenters. The first-order valence-corrected chi connectivity index (χ1v) is 9.36. The van der Waals surface area contributed by atoms with Crippen LogP contribution < -0.4 is 20.9 Å². The zero-order chi connectivity index (χ0) is 22.1. The first-order valence-electron chi connectivity index (χ1n) is 9.36. The summed E-state index contributed by atoms with van der Waals surface area (Å²) in [4.78, 5) is 29.3. The Morgan fingerprint density at radius 3 is 2.77 bits per heavy atom. The maximum atomic E-state index is 13.3. The summed E-state index contributed by atoms with van der Waals surface area (Å²) in [6, 6.07) is 6.98. The molecule has 0 radical (unpaired) electrons. The van der Waals surface area contributed by atoms with Gasteiger partial charge in [0.05, 0.1) is 31.0 Å². The molecule has 3 aromatic heterocycles. The molecule has 0 fully saturated rings. The van der Waals surface area contributed by atoms with Gasteiger partial charge in [-0.1, -0.05) is 12.6 Å². The molecule has 0 saturated heterocycles. The van der Waals surface area contributed by atoms with E-state index in [4.69, 9.17) is 4.74 Å². The third-order valence-corrected chi connectivity index (χ3v) is 4.71. The SMILES string of the molecule is C=CC(=O)Nc1cccc(-n2cc(Nc3cn(C)nc3OC)c3ncn(C)c3c2=O)c1. The Morgan fingerprint density at radius 2 is 2.03 bits per heavy atom. The van der Waals surface area contributed by atoms with Crippen molar-refractivity contribution in [3.05, 3.63) is 66.0 Å². The van der Waals surface area contributed by atoms with E-state index in [1.165, 1.54) is 17.8 Å². The summed E-state index contributed by atoms with van der Waals surface area (Å²) in [5.41, 5.74) is 3.06. The van der Waals surface area contributed by atoms with E-state index in [1.807, 2.05) is 0 Å². The molecule has 0 aliphatic heterocycles. The zero-order valence-electron chi connectivity index (χ0n) is 17.3. The smallest absolute Gasteiger partial charge is 0.281 e. The molecule has 4 rings (SSSR count).